The summed E-state index contributed by atoms with van der Waals surface area (Å²) in [7, 11) is 0. The average Bonchev–Trinajstić information content (AvgIpc) is 2.15. The molecule has 0 aliphatic carbocycles. The topological polar surface area (TPSA) is 104 Å². The molecule has 1 saturated heterocycles. The van der Waals surface area contributed by atoms with Gasteiger partial charge in [-0.3, -0.25) is 9.69 Å². The number of rotatable bonds is 1. The number of hydrogen-bond acceptors (Lipinski definition) is 4. The van der Waals surface area contributed by atoms with Crippen molar-refractivity contribution in [2.24, 2.45) is 5.73 Å². The predicted molar refractivity (Wildman–Crippen MR) is 45.1 cm³/mol. The van der Waals surface area contributed by atoms with Crippen molar-refractivity contribution >= 4 is 11.9 Å². The predicted octanol–water partition coefficient (Wildman–Crippen LogP) is -0.827. The Hall–Kier alpha value is -1.56. The monoisotopic (exact) mass is 198 g/mol. The van der Waals surface area contributed by atoms with E-state index in [1.54, 1.807) is 0 Å². The summed E-state index contributed by atoms with van der Waals surface area (Å²) in [6.07, 6.45) is 0.791. The second-order valence-corrected chi connectivity index (χ2v) is 3.44. The van der Waals surface area contributed by atoms with E-state index in [0.29, 0.717) is 6.42 Å². The lowest BCUT2D eigenvalue weighted by atomic mass is 9.86. The number of allylic oxidation sites excluding steroid dienone is 1. The molecule has 0 saturated carbocycles. The van der Waals surface area contributed by atoms with Crippen LogP contribution in [0.15, 0.2) is 11.5 Å². The van der Waals surface area contributed by atoms with Gasteiger partial charge in [0.15, 0.2) is 5.70 Å². The summed E-state index contributed by atoms with van der Waals surface area (Å²) >= 11 is 0. The summed E-state index contributed by atoms with van der Waals surface area (Å²) in [5, 5.41) is 18.1. The van der Waals surface area contributed by atoms with Gasteiger partial charge in [-0.2, -0.15) is 0 Å². The molecule has 0 spiro atoms. The highest BCUT2D eigenvalue weighted by atomic mass is 16.4. The molecule has 0 radical (unpaired) electrons. The number of carbonyl (C=O) groups excluding carboxylic acids is 1. The summed E-state index contributed by atoms with van der Waals surface area (Å²) in [4.78, 5) is 23.1. The highest BCUT2D eigenvalue weighted by Gasteiger charge is 2.51. The SMILES string of the molecule is N[C@@H]1C(=O)N2C(C(=O)O)=C(O)CC[C@H]12. The van der Waals surface area contributed by atoms with Crippen molar-refractivity contribution in [2.45, 2.75) is 24.9 Å². The molecule has 1 fully saturated rings. The third-order valence-electron chi connectivity index (χ3n) is 2.66. The fourth-order valence-corrected chi connectivity index (χ4v) is 1.92. The zero-order chi connectivity index (χ0) is 10.5. The van der Waals surface area contributed by atoms with Gasteiger partial charge in [0.05, 0.1) is 6.04 Å². The number of hydrogen-bond donors (Lipinski definition) is 3. The van der Waals surface area contributed by atoms with E-state index in [4.69, 9.17) is 10.8 Å². The van der Waals surface area contributed by atoms with E-state index in [9.17, 15) is 14.7 Å². The number of carboxylic acid groups (broad SMARTS) is 1. The van der Waals surface area contributed by atoms with Crippen LogP contribution < -0.4 is 5.73 Å². The van der Waals surface area contributed by atoms with E-state index in [2.05, 4.69) is 0 Å². The molecule has 0 unspecified atom stereocenters. The van der Waals surface area contributed by atoms with Crippen LogP contribution in [0.3, 0.4) is 0 Å². The van der Waals surface area contributed by atoms with E-state index < -0.39 is 17.9 Å². The summed E-state index contributed by atoms with van der Waals surface area (Å²) in [6, 6.07) is -0.873. The van der Waals surface area contributed by atoms with Crippen LogP contribution in [0.4, 0.5) is 0 Å². The molecule has 2 aliphatic rings. The van der Waals surface area contributed by atoms with Crippen LogP contribution >= 0.6 is 0 Å². The smallest absolute Gasteiger partial charge is 0.356 e. The second kappa shape index (κ2) is 2.71. The van der Waals surface area contributed by atoms with Gasteiger partial charge >= 0.3 is 5.97 Å². The first-order chi connectivity index (χ1) is 6.54. The Labute approximate surface area is 79.6 Å². The summed E-state index contributed by atoms with van der Waals surface area (Å²) < 4.78 is 0. The van der Waals surface area contributed by atoms with E-state index in [1.165, 1.54) is 0 Å². The van der Waals surface area contributed by atoms with Crippen molar-refractivity contribution in [3.63, 3.8) is 0 Å². The van der Waals surface area contributed by atoms with Gasteiger partial charge in [0.1, 0.15) is 11.8 Å². The quantitative estimate of drug-likeness (QED) is 0.477. The molecule has 0 aromatic rings. The molecule has 14 heavy (non-hydrogen) atoms. The van der Waals surface area contributed by atoms with E-state index in [1.807, 2.05) is 0 Å². The normalized spacial score (nSPS) is 31.2. The van der Waals surface area contributed by atoms with Gasteiger partial charge in [-0.05, 0) is 6.42 Å². The van der Waals surface area contributed by atoms with Crippen molar-refractivity contribution < 1.29 is 19.8 Å². The number of carbonyl (C=O) groups is 2. The fourth-order valence-electron chi connectivity index (χ4n) is 1.92. The Bertz CT molecular complexity index is 349. The molecule has 6 nitrogen and oxygen atoms in total. The zero-order valence-corrected chi connectivity index (χ0v) is 7.30. The number of nitrogens with zero attached hydrogens (tertiary/aromatic N) is 1. The van der Waals surface area contributed by atoms with Crippen LogP contribution in [0.1, 0.15) is 12.8 Å². The molecule has 2 atom stereocenters. The lowest BCUT2D eigenvalue weighted by molar-refractivity contribution is -0.153. The van der Waals surface area contributed by atoms with Crippen molar-refractivity contribution in [3.05, 3.63) is 11.5 Å². The number of β-lactam (4-membered cyclic amide) rings is 1. The van der Waals surface area contributed by atoms with Gasteiger partial charge in [-0.25, -0.2) is 4.79 Å². The van der Waals surface area contributed by atoms with Gasteiger partial charge < -0.3 is 15.9 Å². The van der Waals surface area contributed by atoms with Crippen molar-refractivity contribution in [1.29, 1.82) is 0 Å². The maximum absolute atomic E-state index is 11.2. The third-order valence-corrected chi connectivity index (χ3v) is 2.66. The molecule has 4 N–H and O–H groups in total. The minimum absolute atomic E-state index is 0.242. The maximum Gasteiger partial charge on any atom is 0.356 e. The Morgan fingerprint density at radius 1 is 1.57 bits per heavy atom. The van der Waals surface area contributed by atoms with Gasteiger partial charge in [0.25, 0.3) is 0 Å². The van der Waals surface area contributed by atoms with E-state index in [0.717, 1.165) is 4.90 Å². The van der Waals surface area contributed by atoms with Gasteiger partial charge in [-0.1, -0.05) is 0 Å². The Morgan fingerprint density at radius 2 is 2.21 bits per heavy atom. The van der Waals surface area contributed by atoms with E-state index in [-0.39, 0.29) is 23.9 Å². The van der Waals surface area contributed by atoms with Gasteiger partial charge in [-0.15, -0.1) is 0 Å². The maximum atomic E-state index is 11.2. The summed E-state index contributed by atoms with van der Waals surface area (Å²) in [6.45, 7) is 0. The number of carboxylic acids is 1. The second-order valence-electron chi connectivity index (χ2n) is 3.44. The third kappa shape index (κ3) is 0.941. The number of aliphatic carboxylic acids is 1. The Balaban J connectivity index is 2.37. The summed E-state index contributed by atoms with van der Waals surface area (Å²) in [5.74, 6) is -1.96. The minimum Gasteiger partial charge on any atom is -0.510 e. The molecule has 76 valence electrons. The standard InChI is InChI=1S/C8H10N2O4/c9-5-3-1-2-4(11)6(8(13)14)10(3)7(5)12/h3,5,11H,1-2,9H2,(H,13,14)/t3-,5+/m1/s1. The van der Waals surface area contributed by atoms with Crippen molar-refractivity contribution in [2.75, 3.05) is 0 Å². The molecular weight excluding hydrogens is 188 g/mol. The fraction of sp³-hybridized carbons (Fsp3) is 0.500. The number of nitrogens with two attached hydrogens (primary N) is 1. The lowest BCUT2D eigenvalue weighted by Gasteiger charge is -2.47. The van der Waals surface area contributed by atoms with Crippen LogP contribution in [0, 0.1) is 0 Å². The minimum atomic E-state index is -1.28. The van der Waals surface area contributed by atoms with Crippen LogP contribution in [0.2, 0.25) is 0 Å². The highest BCUT2D eigenvalue weighted by molar-refractivity contribution is 5.99. The molecule has 0 aromatic carbocycles. The number of aliphatic hydroxyl groups is 1. The molecule has 2 aliphatic heterocycles. The largest absolute Gasteiger partial charge is 0.510 e. The van der Waals surface area contributed by atoms with Crippen molar-refractivity contribution in [3.8, 4) is 0 Å². The first-order valence-electron chi connectivity index (χ1n) is 4.28. The van der Waals surface area contributed by atoms with Crippen LogP contribution in [-0.4, -0.2) is 39.1 Å². The average molecular weight is 198 g/mol. The van der Waals surface area contributed by atoms with Crippen molar-refractivity contribution in [1.82, 2.24) is 4.90 Å². The number of aliphatic hydroxyl groups excluding tert-OH is 1. The van der Waals surface area contributed by atoms with Gasteiger partial charge in [0.2, 0.25) is 5.91 Å². The van der Waals surface area contributed by atoms with E-state index >= 15 is 0 Å². The molecule has 2 heterocycles. The lowest BCUT2D eigenvalue weighted by Crippen LogP contribution is -2.69. The Morgan fingerprint density at radius 3 is 2.79 bits per heavy atom. The molecule has 6 heteroatoms. The van der Waals surface area contributed by atoms with Crippen LogP contribution in [0.5, 0.6) is 0 Å². The molecule has 1 amide bonds. The molecular formula is C8H10N2O4. The van der Waals surface area contributed by atoms with Gasteiger partial charge in [0, 0.05) is 6.42 Å². The molecule has 0 aromatic heterocycles. The first kappa shape index (κ1) is 9.01. The Kier molecular flexibility index (Phi) is 1.75. The van der Waals surface area contributed by atoms with Crippen LogP contribution in [-0.2, 0) is 9.59 Å². The van der Waals surface area contributed by atoms with Crippen LogP contribution in [0.25, 0.3) is 0 Å². The molecule has 0 bridgehead atoms. The number of fused-ring (bicyclic) bond motifs is 1. The zero-order valence-electron chi connectivity index (χ0n) is 7.30. The highest BCUT2D eigenvalue weighted by Crippen LogP contribution is 2.34. The summed E-state index contributed by atoms with van der Waals surface area (Å²) in [5.41, 5.74) is 5.18. The molecule has 2 rings (SSSR count). The first-order valence-corrected chi connectivity index (χ1v) is 4.28. The number of amides is 1.